The molecule has 1 fully saturated rings. The first-order valence-corrected chi connectivity index (χ1v) is 7.72. The quantitative estimate of drug-likeness (QED) is 0.880. The van der Waals surface area contributed by atoms with Crippen molar-refractivity contribution in [3.63, 3.8) is 0 Å². The van der Waals surface area contributed by atoms with Crippen molar-refractivity contribution in [3.05, 3.63) is 46.5 Å². The molecule has 0 spiro atoms. The van der Waals surface area contributed by atoms with E-state index in [1.165, 1.54) is 23.8 Å². The Labute approximate surface area is 127 Å². The predicted molar refractivity (Wildman–Crippen MR) is 82.8 cm³/mol. The van der Waals surface area contributed by atoms with Gasteiger partial charge in [0.05, 0.1) is 10.6 Å². The number of hydrogen-bond acceptors (Lipinski definition) is 4. The summed E-state index contributed by atoms with van der Waals surface area (Å²) < 4.78 is 0. The van der Waals surface area contributed by atoms with E-state index < -0.39 is 0 Å². The summed E-state index contributed by atoms with van der Waals surface area (Å²) in [6, 6.07) is 10.1. The van der Waals surface area contributed by atoms with Gasteiger partial charge in [-0.25, -0.2) is 4.98 Å². The Kier molecular flexibility index (Phi) is 3.59. The molecule has 0 saturated heterocycles. The van der Waals surface area contributed by atoms with Gasteiger partial charge in [-0.15, -0.1) is 0 Å². The largest absolute Gasteiger partial charge is 0.302 e. The van der Waals surface area contributed by atoms with Gasteiger partial charge in [0.2, 0.25) is 5.91 Å². The van der Waals surface area contributed by atoms with Crippen LogP contribution >= 0.6 is 11.3 Å². The molecule has 108 valence electrons. The number of rotatable bonds is 4. The van der Waals surface area contributed by atoms with Crippen molar-refractivity contribution >= 4 is 28.2 Å². The Balaban J connectivity index is 1.66. The summed E-state index contributed by atoms with van der Waals surface area (Å²) in [5.74, 6) is 0.295. The molecular formula is C16H16N2O2S. The second-order valence-corrected chi connectivity index (χ2v) is 6.34. The fourth-order valence-electron chi connectivity index (χ4n) is 2.53. The number of benzene rings is 1. The van der Waals surface area contributed by atoms with Crippen LogP contribution in [0.3, 0.4) is 0 Å². The van der Waals surface area contributed by atoms with E-state index in [2.05, 4.69) is 22.4 Å². The van der Waals surface area contributed by atoms with E-state index >= 15 is 0 Å². The number of Topliss-reactive ketones (excluding diaryl/α,β-unsaturated/α-hetero) is 1. The third-order valence-electron chi connectivity index (χ3n) is 3.70. The molecule has 1 amide bonds. The van der Waals surface area contributed by atoms with Crippen molar-refractivity contribution in [2.24, 2.45) is 5.92 Å². The maximum Gasteiger partial charge on any atom is 0.229 e. The highest BCUT2D eigenvalue weighted by Crippen LogP contribution is 2.48. The van der Waals surface area contributed by atoms with Crippen molar-refractivity contribution in [1.82, 2.24) is 4.98 Å². The topological polar surface area (TPSA) is 59.1 Å². The van der Waals surface area contributed by atoms with Crippen LogP contribution in [0.1, 0.15) is 40.2 Å². The van der Waals surface area contributed by atoms with Gasteiger partial charge in [0, 0.05) is 12.8 Å². The van der Waals surface area contributed by atoms with Gasteiger partial charge >= 0.3 is 0 Å². The van der Waals surface area contributed by atoms with E-state index in [9.17, 15) is 9.59 Å². The lowest BCUT2D eigenvalue weighted by Crippen LogP contribution is -2.14. The van der Waals surface area contributed by atoms with Crippen molar-refractivity contribution in [2.45, 2.75) is 26.2 Å². The molecule has 5 heteroatoms. The van der Waals surface area contributed by atoms with Crippen molar-refractivity contribution in [3.8, 4) is 0 Å². The molecule has 0 aliphatic heterocycles. The van der Waals surface area contributed by atoms with E-state index in [0.717, 1.165) is 6.42 Å². The first-order chi connectivity index (χ1) is 10.1. The second kappa shape index (κ2) is 5.41. The summed E-state index contributed by atoms with van der Waals surface area (Å²) in [7, 11) is 0. The standard InChI is InChI=1S/C16H16N2O2S/c1-9-14(10(2)19)21-16(17-9)18-15(20)13-8-12(13)11-6-4-3-5-7-11/h3-7,12-13H,8H2,1-2H3,(H,17,18,20)/t12-,13+/m1/s1. The minimum absolute atomic E-state index is 0.00675. The zero-order chi connectivity index (χ0) is 15.0. The molecule has 2 aromatic rings. The number of amides is 1. The van der Waals surface area contributed by atoms with E-state index in [1.54, 1.807) is 6.92 Å². The minimum Gasteiger partial charge on any atom is -0.302 e. The van der Waals surface area contributed by atoms with E-state index in [0.29, 0.717) is 21.6 Å². The first-order valence-electron chi connectivity index (χ1n) is 6.90. The number of nitrogens with zero attached hydrogens (tertiary/aromatic N) is 1. The summed E-state index contributed by atoms with van der Waals surface area (Å²) in [4.78, 5) is 28.5. The number of aromatic nitrogens is 1. The lowest BCUT2D eigenvalue weighted by atomic mass is 10.1. The molecule has 1 aliphatic rings. The zero-order valence-corrected chi connectivity index (χ0v) is 12.7. The van der Waals surface area contributed by atoms with Gasteiger partial charge < -0.3 is 5.32 Å². The van der Waals surface area contributed by atoms with Crippen molar-refractivity contribution < 1.29 is 9.59 Å². The molecule has 0 radical (unpaired) electrons. The van der Waals surface area contributed by atoms with Crippen LogP contribution in [0.2, 0.25) is 0 Å². The highest BCUT2D eigenvalue weighted by Gasteiger charge is 2.44. The Morgan fingerprint density at radius 1 is 1.29 bits per heavy atom. The number of ketones is 1. The maximum absolute atomic E-state index is 12.2. The molecule has 2 atom stereocenters. The lowest BCUT2D eigenvalue weighted by molar-refractivity contribution is -0.117. The van der Waals surface area contributed by atoms with Crippen LogP contribution in [0.15, 0.2) is 30.3 Å². The minimum atomic E-state index is -0.0147. The molecule has 1 N–H and O–H groups in total. The average molecular weight is 300 g/mol. The van der Waals surface area contributed by atoms with Crippen LogP contribution in [0.4, 0.5) is 5.13 Å². The van der Waals surface area contributed by atoms with E-state index in [-0.39, 0.29) is 17.6 Å². The third-order valence-corrected chi connectivity index (χ3v) is 4.88. The van der Waals surface area contributed by atoms with Crippen LogP contribution in [-0.2, 0) is 4.79 Å². The van der Waals surface area contributed by atoms with Crippen LogP contribution in [0, 0.1) is 12.8 Å². The second-order valence-electron chi connectivity index (χ2n) is 5.34. The average Bonchev–Trinajstić information content (AvgIpc) is 3.18. The van der Waals surface area contributed by atoms with Gasteiger partial charge in [-0.3, -0.25) is 9.59 Å². The number of carbonyl (C=O) groups is 2. The molecule has 1 aromatic carbocycles. The van der Waals surface area contributed by atoms with Crippen LogP contribution in [-0.4, -0.2) is 16.7 Å². The summed E-state index contributed by atoms with van der Waals surface area (Å²) in [6.07, 6.45) is 0.875. The van der Waals surface area contributed by atoms with Gasteiger partial charge in [-0.2, -0.15) is 0 Å². The molecule has 1 heterocycles. The molecule has 0 unspecified atom stereocenters. The molecule has 1 aromatic heterocycles. The molecule has 1 saturated carbocycles. The molecule has 4 nitrogen and oxygen atoms in total. The van der Waals surface area contributed by atoms with E-state index in [1.807, 2.05) is 18.2 Å². The zero-order valence-electron chi connectivity index (χ0n) is 11.9. The molecule has 0 bridgehead atoms. The number of aryl methyl sites for hydroxylation is 1. The fraction of sp³-hybridized carbons (Fsp3) is 0.312. The number of hydrogen-bond donors (Lipinski definition) is 1. The van der Waals surface area contributed by atoms with Gasteiger partial charge in [0.25, 0.3) is 0 Å². The lowest BCUT2D eigenvalue weighted by Gasteiger charge is -2.01. The highest BCUT2D eigenvalue weighted by atomic mass is 32.1. The van der Waals surface area contributed by atoms with Gasteiger partial charge in [0.1, 0.15) is 0 Å². The summed E-state index contributed by atoms with van der Waals surface area (Å²) in [6.45, 7) is 3.30. The van der Waals surface area contributed by atoms with Crippen molar-refractivity contribution in [1.29, 1.82) is 0 Å². The highest BCUT2D eigenvalue weighted by molar-refractivity contribution is 7.17. The normalized spacial score (nSPS) is 20.1. The summed E-state index contributed by atoms with van der Waals surface area (Å²) in [5.41, 5.74) is 1.88. The molecule has 21 heavy (non-hydrogen) atoms. The smallest absolute Gasteiger partial charge is 0.229 e. The Hall–Kier alpha value is -2.01. The molecule has 1 aliphatic carbocycles. The summed E-state index contributed by atoms with van der Waals surface area (Å²) >= 11 is 1.25. The van der Waals surface area contributed by atoms with Crippen LogP contribution < -0.4 is 5.32 Å². The molecule has 3 rings (SSSR count). The summed E-state index contributed by atoms with van der Waals surface area (Å²) in [5, 5.41) is 3.35. The fourth-order valence-corrected chi connectivity index (χ4v) is 3.39. The monoisotopic (exact) mass is 300 g/mol. The Morgan fingerprint density at radius 2 is 2.00 bits per heavy atom. The maximum atomic E-state index is 12.2. The van der Waals surface area contributed by atoms with Crippen LogP contribution in [0.25, 0.3) is 0 Å². The van der Waals surface area contributed by atoms with E-state index in [4.69, 9.17) is 0 Å². The number of anilines is 1. The SMILES string of the molecule is CC(=O)c1sc(NC(=O)[C@H]2C[C@@H]2c2ccccc2)nc1C. The van der Waals surface area contributed by atoms with Crippen molar-refractivity contribution in [2.75, 3.05) is 5.32 Å². The Bertz CT molecular complexity index is 694. The third kappa shape index (κ3) is 2.88. The number of carbonyl (C=O) groups excluding carboxylic acids is 2. The number of nitrogens with one attached hydrogen (secondary N) is 1. The van der Waals surface area contributed by atoms with Gasteiger partial charge in [-0.05, 0) is 24.8 Å². The van der Waals surface area contributed by atoms with Crippen LogP contribution in [0.5, 0.6) is 0 Å². The molecular weight excluding hydrogens is 284 g/mol. The Morgan fingerprint density at radius 3 is 2.62 bits per heavy atom. The predicted octanol–water partition coefficient (Wildman–Crippen LogP) is 3.40. The first kappa shape index (κ1) is 13.9. The number of thiazole rings is 1. The van der Waals surface area contributed by atoms with Gasteiger partial charge in [0.15, 0.2) is 10.9 Å². The van der Waals surface area contributed by atoms with Gasteiger partial charge in [-0.1, -0.05) is 41.7 Å².